The largest absolute Gasteiger partial charge is 0.505 e. The minimum absolute atomic E-state index is 0.0643. The topological polar surface area (TPSA) is 66.4 Å². The van der Waals surface area contributed by atoms with E-state index in [0.717, 1.165) is 0 Å². The first kappa shape index (κ1) is 17.1. The molecule has 0 aliphatic heterocycles. The molecule has 0 atom stereocenters. The zero-order valence-corrected chi connectivity index (χ0v) is 16.1. The second-order valence-corrected chi connectivity index (χ2v) is 8.54. The summed E-state index contributed by atoms with van der Waals surface area (Å²) in [4.78, 5) is -0.322. The first-order valence-electron chi connectivity index (χ1n) is 5.36. The van der Waals surface area contributed by atoms with Crippen molar-refractivity contribution >= 4 is 77.4 Å². The van der Waals surface area contributed by atoms with Crippen molar-refractivity contribution in [2.24, 2.45) is 0 Å². The molecule has 0 saturated carbocycles. The van der Waals surface area contributed by atoms with Crippen LogP contribution in [0.25, 0.3) is 0 Å². The number of halogens is 4. The number of hydrogen-bond acceptors (Lipinski definition) is 3. The van der Waals surface area contributed by atoms with E-state index >= 15 is 0 Å². The van der Waals surface area contributed by atoms with Gasteiger partial charge in [-0.05, 0) is 52.9 Å². The summed E-state index contributed by atoms with van der Waals surface area (Å²) < 4.78 is 28.3. The van der Waals surface area contributed by atoms with E-state index in [1.54, 1.807) is 12.1 Å². The molecular formula is C12H7BrCl2INO3S. The Labute approximate surface area is 153 Å². The number of hydrogen-bond donors (Lipinski definition) is 2. The maximum atomic E-state index is 12.4. The predicted molar refractivity (Wildman–Crippen MR) is 95.8 cm³/mol. The van der Waals surface area contributed by atoms with Crippen LogP contribution in [0, 0.1) is 3.57 Å². The Balaban J connectivity index is 2.51. The van der Waals surface area contributed by atoms with E-state index in [-0.39, 0.29) is 9.92 Å². The van der Waals surface area contributed by atoms with Crippen molar-refractivity contribution in [2.75, 3.05) is 4.72 Å². The van der Waals surface area contributed by atoms with Crippen LogP contribution in [0.3, 0.4) is 0 Å². The molecule has 112 valence electrons. The number of sulfonamides is 1. The van der Waals surface area contributed by atoms with Gasteiger partial charge in [0.1, 0.15) is 4.90 Å². The number of benzene rings is 2. The highest BCUT2D eigenvalue weighted by atomic mass is 127. The fourth-order valence-electron chi connectivity index (χ4n) is 1.52. The van der Waals surface area contributed by atoms with Crippen LogP contribution in [0.4, 0.5) is 5.69 Å². The normalized spacial score (nSPS) is 11.4. The molecule has 9 heteroatoms. The Morgan fingerprint density at radius 1 is 1.19 bits per heavy atom. The van der Waals surface area contributed by atoms with Gasteiger partial charge in [-0.3, -0.25) is 4.72 Å². The molecule has 2 N–H and O–H groups in total. The Bertz CT molecular complexity index is 814. The molecule has 2 aromatic rings. The highest BCUT2D eigenvalue weighted by molar-refractivity contribution is 14.1. The molecule has 0 bridgehead atoms. The second-order valence-electron chi connectivity index (χ2n) is 3.96. The Hall–Kier alpha value is -0.220. The van der Waals surface area contributed by atoms with E-state index in [9.17, 15) is 13.5 Å². The van der Waals surface area contributed by atoms with Gasteiger partial charge in [0.2, 0.25) is 0 Å². The van der Waals surface area contributed by atoms with Gasteiger partial charge in [-0.15, -0.1) is 0 Å². The Morgan fingerprint density at radius 2 is 1.86 bits per heavy atom. The Kier molecular flexibility index (Phi) is 5.30. The summed E-state index contributed by atoms with van der Waals surface area (Å²) in [5.41, 5.74) is 0.318. The van der Waals surface area contributed by atoms with E-state index in [1.165, 1.54) is 18.2 Å². The van der Waals surface area contributed by atoms with Crippen molar-refractivity contribution in [1.29, 1.82) is 0 Å². The molecule has 0 saturated heterocycles. The molecular weight excluding hydrogens is 516 g/mol. The number of rotatable bonds is 3. The van der Waals surface area contributed by atoms with Crippen molar-refractivity contribution in [3.8, 4) is 5.75 Å². The zero-order valence-electron chi connectivity index (χ0n) is 10.1. The predicted octanol–water partition coefficient (Wildman–Crippen LogP) is 4.87. The standard InChI is InChI=1S/C12H7BrCl2INO3S/c13-6-3-8(15)12(18)11(4-6)21(19,20)17-10-5-7(14)1-2-9(10)16/h1-5,17-18H. The monoisotopic (exact) mass is 521 g/mol. The fraction of sp³-hybridized carbons (Fsp3) is 0. The summed E-state index contributed by atoms with van der Waals surface area (Å²) in [7, 11) is -4.01. The summed E-state index contributed by atoms with van der Waals surface area (Å²) in [6.07, 6.45) is 0. The molecule has 0 heterocycles. The van der Waals surface area contributed by atoms with Crippen molar-refractivity contribution in [3.63, 3.8) is 0 Å². The molecule has 0 fully saturated rings. The van der Waals surface area contributed by atoms with Crippen molar-refractivity contribution in [1.82, 2.24) is 0 Å². The van der Waals surface area contributed by atoms with E-state index in [1.807, 2.05) is 22.6 Å². The molecule has 21 heavy (non-hydrogen) atoms. The number of phenolic OH excluding ortho intramolecular Hbond substituents is 1. The maximum Gasteiger partial charge on any atom is 0.265 e. The minimum atomic E-state index is -4.01. The van der Waals surface area contributed by atoms with Crippen molar-refractivity contribution in [2.45, 2.75) is 4.90 Å². The lowest BCUT2D eigenvalue weighted by atomic mass is 10.3. The Morgan fingerprint density at radius 3 is 2.52 bits per heavy atom. The SMILES string of the molecule is O=S(=O)(Nc1cc(Cl)ccc1I)c1cc(Br)cc(Cl)c1O. The number of anilines is 1. The molecule has 4 nitrogen and oxygen atoms in total. The molecule has 0 spiro atoms. The molecule has 2 aromatic carbocycles. The van der Waals surface area contributed by atoms with Gasteiger partial charge in [-0.1, -0.05) is 39.1 Å². The molecule has 0 amide bonds. The van der Waals surface area contributed by atoms with Gasteiger partial charge in [0.05, 0.1) is 10.7 Å². The fourth-order valence-corrected chi connectivity index (χ4v) is 4.58. The van der Waals surface area contributed by atoms with Crippen LogP contribution in [0.15, 0.2) is 39.7 Å². The lowest BCUT2D eigenvalue weighted by molar-refractivity contribution is 0.459. The van der Waals surface area contributed by atoms with Crippen LogP contribution in [-0.4, -0.2) is 13.5 Å². The van der Waals surface area contributed by atoms with E-state index in [0.29, 0.717) is 18.8 Å². The lowest BCUT2D eigenvalue weighted by Gasteiger charge is -2.12. The van der Waals surface area contributed by atoms with E-state index < -0.39 is 15.8 Å². The van der Waals surface area contributed by atoms with Gasteiger partial charge in [0, 0.05) is 13.1 Å². The van der Waals surface area contributed by atoms with Crippen LogP contribution in [0.5, 0.6) is 5.75 Å². The minimum Gasteiger partial charge on any atom is -0.505 e. The van der Waals surface area contributed by atoms with Crippen molar-refractivity contribution < 1.29 is 13.5 Å². The third-order valence-electron chi connectivity index (χ3n) is 2.46. The molecule has 2 rings (SSSR count). The molecule has 0 unspecified atom stereocenters. The van der Waals surface area contributed by atoms with Gasteiger partial charge in [0.15, 0.2) is 5.75 Å². The first-order chi connectivity index (χ1) is 9.70. The lowest BCUT2D eigenvalue weighted by Crippen LogP contribution is -2.14. The average Bonchev–Trinajstić information content (AvgIpc) is 2.37. The summed E-state index contributed by atoms with van der Waals surface area (Å²) in [5, 5.41) is 10.2. The summed E-state index contributed by atoms with van der Waals surface area (Å²) in [6.45, 7) is 0. The number of nitrogens with one attached hydrogen (secondary N) is 1. The second kappa shape index (κ2) is 6.49. The van der Waals surface area contributed by atoms with Crippen LogP contribution in [0.1, 0.15) is 0 Å². The van der Waals surface area contributed by atoms with Gasteiger partial charge in [-0.25, -0.2) is 8.42 Å². The summed E-state index contributed by atoms with van der Waals surface area (Å²) in [5.74, 6) is -0.510. The van der Waals surface area contributed by atoms with Gasteiger partial charge in [0.25, 0.3) is 10.0 Å². The quantitative estimate of drug-likeness (QED) is 0.565. The third kappa shape index (κ3) is 3.95. The van der Waals surface area contributed by atoms with Crippen LogP contribution >= 0.6 is 61.7 Å². The number of phenols is 1. The maximum absolute atomic E-state index is 12.4. The van der Waals surface area contributed by atoms with Crippen molar-refractivity contribution in [3.05, 3.63) is 48.4 Å². The van der Waals surface area contributed by atoms with Gasteiger partial charge in [-0.2, -0.15) is 0 Å². The molecule has 0 radical (unpaired) electrons. The number of aromatic hydroxyl groups is 1. The van der Waals surface area contributed by atoms with Gasteiger partial charge >= 0.3 is 0 Å². The van der Waals surface area contributed by atoms with Crippen LogP contribution in [-0.2, 0) is 10.0 Å². The highest BCUT2D eigenvalue weighted by Crippen LogP contribution is 2.35. The summed E-state index contributed by atoms with van der Waals surface area (Å²) in [6, 6.07) is 7.47. The molecule has 0 aliphatic carbocycles. The molecule has 0 aliphatic rings. The highest BCUT2D eigenvalue weighted by Gasteiger charge is 2.22. The zero-order chi connectivity index (χ0) is 15.8. The van der Waals surface area contributed by atoms with E-state index in [4.69, 9.17) is 23.2 Å². The molecule has 0 aromatic heterocycles. The van der Waals surface area contributed by atoms with E-state index in [2.05, 4.69) is 20.7 Å². The van der Waals surface area contributed by atoms with Crippen LogP contribution in [0.2, 0.25) is 10.0 Å². The third-order valence-corrected chi connectivity index (χ3v) is 5.76. The first-order valence-corrected chi connectivity index (χ1v) is 9.47. The van der Waals surface area contributed by atoms with Gasteiger partial charge < -0.3 is 5.11 Å². The summed E-state index contributed by atoms with van der Waals surface area (Å²) >= 11 is 16.8. The van der Waals surface area contributed by atoms with Crippen LogP contribution < -0.4 is 4.72 Å². The average molecular weight is 523 g/mol. The smallest absolute Gasteiger partial charge is 0.265 e.